The quantitative estimate of drug-likeness (QED) is 0.0828. The Bertz CT molecular complexity index is 1840. The molecule has 2 saturated heterocycles. The van der Waals surface area contributed by atoms with E-state index in [1.807, 2.05) is 65.0 Å². The third-order valence-corrected chi connectivity index (χ3v) is 15.1. The molecular weight excluding hydrogens is 899 g/mol. The summed E-state index contributed by atoms with van der Waals surface area (Å²) in [5, 5.41) is 34.1. The number of rotatable bonds is 11. The van der Waals surface area contributed by atoms with Gasteiger partial charge in [0, 0.05) is 58.0 Å². The van der Waals surface area contributed by atoms with Gasteiger partial charge < -0.3 is 48.6 Å². The summed E-state index contributed by atoms with van der Waals surface area (Å²) in [5.74, 6) is -8.09. The van der Waals surface area contributed by atoms with E-state index < -0.39 is 83.9 Å². The Morgan fingerprint density at radius 3 is 2.30 bits per heavy atom. The van der Waals surface area contributed by atoms with Crippen LogP contribution in [0.2, 0.25) is 0 Å². The van der Waals surface area contributed by atoms with Gasteiger partial charge in [-0.2, -0.15) is 0 Å². The summed E-state index contributed by atoms with van der Waals surface area (Å²) in [5.41, 5.74) is 1.25. The number of aliphatic hydroxyl groups excluding tert-OH is 2. The van der Waals surface area contributed by atoms with E-state index in [-0.39, 0.29) is 61.2 Å². The number of ether oxygens (including phenoxy) is 6. The van der Waals surface area contributed by atoms with Crippen LogP contribution in [0.4, 0.5) is 0 Å². The molecular formula is C55H87NO14. The SMILES string of the molecule is CCCOCCOC1C[C@@H]2CC[C@@H](C)[C@@](O)(O2)C(=O)C(=O)N2CCCC[C@H]2C(=O)O[C@H]([C@H](C)C[C@@H]2CC[C@@H](O)[C@H](OC)C2)CC(=O)[C@H](C)/C=C(\C)[C@@H](O)[C@@H](OC)C(=O)[C@H](C)C[C@H](C)/C=C/C=C/C=C/1C. The molecule has 1 unspecified atom stereocenters. The van der Waals surface area contributed by atoms with Crippen molar-refractivity contribution in [2.24, 2.45) is 35.5 Å². The second-order valence-electron chi connectivity index (χ2n) is 20.8. The van der Waals surface area contributed by atoms with Crippen molar-refractivity contribution < 1.29 is 67.7 Å². The molecule has 3 aliphatic heterocycles. The molecule has 15 nitrogen and oxygen atoms in total. The lowest BCUT2D eigenvalue weighted by molar-refractivity contribution is -0.266. The van der Waals surface area contributed by atoms with Crippen molar-refractivity contribution in [1.82, 2.24) is 4.90 Å². The molecule has 4 rings (SSSR count). The zero-order valence-corrected chi connectivity index (χ0v) is 43.8. The van der Waals surface area contributed by atoms with Crippen molar-refractivity contribution in [2.75, 3.05) is 40.6 Å². The Balaban J connectivity index is 1.71. The number of ketones is 3. The van der Waals surface area contributed by atoms with E-state index in [9.17, 15) is 39.3 Å². The lowest BCUT2D eigenvalue weighted by Crippen LogP contribution is -2.61. The fraction of sp³-hybridized carbons (Fsp3) is 0.764. The minimum atomic E-state index is -2.46. The Hall–Kier alpha value is -3.41. The zero-order valence-electron chi connectivity index (χ0n) is 43.8. The minimum Gasteiger partial charge on any atom is -0.460 e. The average molecular weight is 986 g/mol. The van der Waals surface area contributed by atoms with Crippen LogP contribution in [0, 0.1) is 35.5 Å². The van der Waals surface area contributed by atoms with Gasteiger partial charge in [-0.15, -0.1) is 0 Å². The summed E-state index contributed by atoms with van der Waals surface area (Å²) in [6.45, 7) is 16.1. The summed E-state index contributed by atoms with van der Waals surface area (Å²) >= 11 is 0. The van der Waals surface area contributed by atoms with Crippen molar-refractivity contribution in [3.05, 3.63) is 47.6 Å². The van der Waals surface area contributed by atoms with E-state index in [1.54, 1.807) is 34.0 Å². The van der Waals surface area contributed by atoms with Crippen molar-refractivity contribution in [3.63, 3.8) is 0 Å². The smallest absolute Gasteiger partial charge is 0.329 e. The van der Waals surface area contributed by atoms with Gasteiger partial charge in [-0.1, -0.05) is 78.0 Å². The molecule has 2 bridgehead atoms. The van der Waals surface area contributed by atoms with Crippen molar-refractivity contribution >= 4 is 29.2 Å². The summed E-state index contributed by atoms with van der Waals surface area (Å²) in [4.78, 5) is 72.4. The first-order chi connectivity index (χ1) is 33.2. The number of carbonyl (C=O) groups is 5. The van der Waals surface area contributed by atoms with Crippen LogP contribution in [0.1, 0.15) is 139 Å². The van der Waals surface area contributed by atoms with E-state index in [1.165, 1.54) is 12.0 Å². The van der Waals surface area contributed by atoms with Crippen LogP contribution in [0.15, 0.2) is 47.6 Å². The predicted octanol–water partition coefficient (Wildman–Crippen LogP) is 6.98. The number of aliphatic hydroxyl groups is 3. The average Bonchev–Trinajstić information content (AvgIpc) is 3.33. The minimum absolute atomic E-state index is 0.00309. The van der Waals surface area contributed by atoms with Gasteiger partial charge in [0.25, 0.3) is 11.7 Å². The van der Waals surface area contributed by atoms with Crippen LogP contribution in [0.5, 0.6) is 0 Å². The number of esters is 1. The first-order valence-corrected chi connectivity index (χ1v) is 26.1. The molecule has 0 spiro atoms. The molecule has 3 fully saturated rings. The van der Waals surface area contributed by atoms with Crippen LogP contribution in [-0.2, 0) is 52.4 Å². The number of methoxy groups -OCH3 is 2. The van der Waals surface area contributed by atoms with Crippen LogP contribution < -0.4 is 0 Å². The van der Waals surface area contributed by atoms with Gasteiger partial charge in [-0.3, -0.25) is 19.2 Å². The molecule has 15 atom stereocenters. The summed E-state index contributed by atoms with van der Waals surface area (Å²) in [6.07, 6.45) is 11.8. The molecule has 0 aromatic carbocycles. The zero-order chi connectivity index (χ0) is 51.7. The molecule has 4 aliphatic rings. The molecule has 1 saturated carbocycles. The van der Waals surface area contributed by atoms with Gasteiger partial charge in [-0.25, -0.2) is 4.79 Å². The Kier molecular flexibility index (Phi) is 24.3. The summed E-state index contributed by atoms with van der Waals surface area (Å²) < 4.78 is 35.7. The Morgan fingerprint density at radius 2 is 1.60 bits per heavy atom. The summed E-state index contributed by atoms with van der Waals surface area (Å²) in [6, 6.07) is -1.15. The maximum atomic E-state index is 14.5. The molecule has 0 aromatic heterocycles. The van der Waals surface area contributed by atoms with E-state index in [0.717, 1.165) is 18.4 Å². The van der Waals surface area contributed by atoms with E-state index in [0.29, 0.717) is 76.8 Å². The van der Waals surface area contributed by atoms with Crippen LogP contribution in [-0.4, -0.2) is 145 Å². The predicted molar refractivity (Wildman–Crippen MR) is 265 cm³/mol. The van der Waals surface area contributed by atoms with Crippen molar-refractivity contribution in [1.29, 1.82) is 0 Å². The van der Waals surface area contributed by atoms with Gasteiger partial charge in [0.1, 0.15) is 30.1 Å². The normalized spacial score (nSPS) is 38.4. The van der Waals surface area contributed by atoms with Crippen LogP contribution in [0.25, 0.3) is 0 Å². The maximum absolute atomic E-state index is 14.5. The third kappa shape index (κ3) is 16.6. The topological polar surface area (TPSA) is 205 Å². The number of piperidine rings is 1. The maximum Gasteiger partial charge on any atom is 0.329 e. The van der Waals surface area contributed by atoms with Gasteiger partial charge in [0.2, 0.25) is 5.79 Å². The number of amides is 1. The fourth-order valence-electron chi connectivity index (χ4n) is 10.5. The third-order valence-electron chi connectivity index (χ3n) is 15.1. The molecule has 0 aromatic rings. The molecule has 0 radical (unpaired) electrons. The number of hydrogen-bond acceptors (Lipinski definition) is 14. The second kappa shape index (κ2) is 28.7. The van der Waals surface area contributed by atoms with Crippen molar-refractivity contribution in [3.8, 4) is 0 Å². The van der Waals surface area contributed by atoms with Gasteiger partial charge in [0.15, 0.2) is 5.78 Å². The highest BCUT2D eigenvalue weighted by molar-refractivity contribution is 6.39. The largest absolute Gasteiger partial charge is 0.460 e. The molecule has 1 amide bonds. The number of nitrogens with zero attached hydrogens (tertiary/aromatic N) is 1. The standard InChI is InChI=1S/C55H87NO14/c1-11-25-67-26-27-68-46-32-42-22-20-40(8)55(64,70-42)52(61)53(62)56-24-16-15-19-43(56)54(63)69-47(37(5)30-41-21-23-44(57)48(31-41)65-9)33-45(58)36(4)29-39(7)50(60)51(66-10)49(59)38(6)28-34(2)17-13-12-14-18-35(46)3/h12-14,17-18,29,34,36-38,40-44,46-48,50-51,57,60,64H,11,15-16,19-28,30-33H2,1-10H3/b14-12+,17-13+,35-18+,39-29+/t34-,36-,37-,38-,40-,41+,42+,43+,44-,46?,47+,48-,50-,51+,55-/m1/s1. The number of allylic oxidation sites excluding steroid dienone is 6. The first-order valence-electron chi connectivity index (χ1n) is 26.1. The Morgan fingerprint density at radius 1 is 0.857 bits per heavy atom. The highest BCUT2D eigenvalue weighted by Crippen LogP contribution is 2.38. The second-order valence-corrected chi connectivity index (χ2v) is 20.8. The van der Waals surface area contributed by atoms with E-state index in [2.05, 4.69) is 0 Å². The number of hydrogen-bond donors (Lipinski definition) is 3. The molecule has 396 valence electrons. The lowest BCUT2D eigenvalue weighted by Gasteiger charge is -2.43. The van der Waals surface area contributed by atoms with Crippen LogP contribution in [0.3, 0.4) is 0 Å². The fourth-order valence-corrected chi connectivity index (χ4v) is 10.5. The van der Waals surface area contributed by atoms with Crippen molar-refractivity contribution in [2.45, 2.75) is 193 Å². The van der Waals surface area contributed by atoms with E-state index >= 15 is 0 Å². The first kappa shape index (κ1) is 59.2. The summed E-state index contributed by atoms with van der Waals surface area (Å²) in [7, 11) is 2.95. The number of cyclic esters (lactones) is 1. The molecule has 15 heteroatoms. The molecule has 70 heavy (non-hydrogen) atoms. The molecule has 3 N–H and O–H groups in total. The van der Waals surface area contributed by atoms with Gasteiger partial charge >= 0.3 is 5.97 Å². The van der Waals surface area contributed by atoms with Gasteiger partial charge in [-0.05, 0) is 113 Å². The molecule has 3 heterocycles. The highest BCUT2D eigenvalue weighted by atomic mass is 16.6. The lowest BCUT2D eigenvalue weighted by atomic mass is 9.78. The number of Topliss-reactive ketones (excluding diaryl/α,β-unsaturated/α-hetero) is 3. The molecule has 1 aliphatic carbocycles. The monoisotopic (exact) mass is 986 g/mol. The Labute approximate surface area is 417 Å². The highest BCUT2D eigenvalue weighted by Gasteiger charge is 2.53. The number of fused-ring (bicyclic) bond motifs is 3. The van der Waals surface area contributed by atoms with Crippen LogP contribution >= 0.6 is 0 Å². The van der Waals surface area contributed by atoms with E-state index in [4.69, 9.17) is 28.4 Å². The number of carbonyl (C=O) groups excluding carboxylic acids is 5. The van der Waals surface area contributed by atoms with Gasteiger partial charge in [0.05, 0.1) is 37.6 Å².